The molecule has 0 radical (unpaired) electrons. The molecule has 0 atom stereocenters. The Morgan fingerprint density at radius 2 is 1.79 bits per heavy atom. The summed E-state index contributed by atoms with van der Waals surface area (Å²) in [5.74, 6) is 0. The van der Waals surface area contributed by atoms with Crippen LogP contribution in [0.15, 0.2) is 0 Å². The van der Waals surface area contributed by atoms with Crippen LogP contribution in [0.5, 0.6) is 0 Å². The average molecular weight is 202 g/mol. The third kappa shape index (κ3) is 3.95. The molecule has 0 aromatic heterocycles. The van der Waals surface area contributed by atoms with E-state index < -0.39 is 0 Å². The maximum Gasteiger partial charge on any atom is 0.0558 e. The molecule has 3 nitrogen and oxygen atoms in total. The fraction of sp³-hybridized carbons (Fsp3) is 1.00. The van der Waals surface area contributed by atoms with Gasteiger partial charge in [0.25, 0.3) is 0 Å². The van der Waals surface area contributed by atoms with Crippen LogP contribution in [0.2, 0.25) is 0 Å². The van der Waals surface area contributed by atoms with E-state index in [4.69, 9.17) is 10.8 Å². The molecule has 86 valence electrons. The lowest BCUT2D eigenvalue weighted by atomic mass is 9.82. The molecule has 0 bridgehead atoms. The molecule has 0 aliphatic rings. The van der Waals surface area contributed by atoms with Crippen LogP contribution >= 0.6 is 0 Å². The van der Waals surface area contributed by atoms with Crippen molar-refractivity contribution in [2.75, 3.05) is 32.8 Å². The second-order valence-corrected chi connectivity index (χ2v) is 4.00. The number of hydrogen-bond acceptors (Lipinski definition) is 3. The van der Waals surface area contributed by atoms with E-state index in [1.165, 1.54) is 0 Å². The van der Waals surface area contributed by atoms with Crippen molar-refractivity contribution in [2.45, 2.75) is 33.6 Å². The minimum absolute atomic E-state index is 0.238. The van der Waals surface area contributed by atoms with E-state index in [9.17, 15) is 0 Å². The zero-order valence-electron chi connectivity index (χ0n) is 9.92. The molecule has 0 aliphatic carbocycles. The molecular formula is C11H26N2O. The van der Waals surface area contributed by atoms with E-state index in [0.29, 0.717) is 0 Å². The predicted octanol–water partition coefficient (Wildman–Crippen LogP) is 1.07. The highest BCUT2D eigenvalue weighted by atomic mass is 16.3. The summed E-state index contributed by atoms with van der Waals surface area (Å²) in [6, 6.07) is 0. The van der Waals surface area contributed by atoms with Gasteiger partial charge >= 0.3 is 0 Å². The largest absolute Gasteiger partial charge is 0.395 e. The monoisotopic (exact) mass is 202 g/mol. The van der Waals surface area contributed by atoms with E-state index >= 15 is 0 Å². The van der Waals surface area contributed by atoms with E-state index in [2.05, 4.69) is 25.7 Å². The Morgan fingerprint density at radius 3 is 2.07 bits per heavy atom. The van der Waals surface area contributed by atoms with Crippen molar-refractivity contribution in [3.05, 3.63) is 0 Å². The van der Waals surface area contributed by atoms with Gasteiger partial charge in [0, 0.05) is 13.1 Å². The Balaban J connectivity index is 4.24. The van der Waals surface area contributed by atoms with Gasteiger partial charge in [-0.2, -0.15) is 0 Å². The first-order chi connectivity index (χ1) is 6.67. The second kappa shape index (κ2) is 7.21. The highest BCUT2D eigenvalue weighted by molar-refractivity contribution is 4.81. The van der Waals surface area contributed by atoms with Crippen molar-refractivity contribution in [1.82, 2.24) is 4.90 Å². The Hall–Kier alpha value is -0.120. The predicted molar refractivity (Wildman–Crippen MR) is 61.3 cm³/mol. The van der Waals surface area contributed by atoms with Crippen molar-refractivity contribution in [3.8, 4) is 0 Å². The molecule has 0 aromatic carbocycles. The Bertz CT molecular complexity index is 127. The average Bonchev–Trinajstić information content (AvgIpc) is 2.25. The first-order valence-electron chi connectivity index (χ1n) is 5.71. The molecule has 3 N–H and O–H groups in total. The van der Waals surface area contributed by atoms with Gasteiger partial charge in [-0.15, -0.1) is 0 Å². The summed E-state index contributed by atoms with van der Waals surface area (Å²) in [5, 5.41) is 8.91. The molecule has 0 saturated heterocycles. The summed E-state index contributed by atoms with van der Waals surface area (Å²) in [6.45, 7) is 10.3. The molecule has 0 spiro atoms. The quantitative estimate of drug-likeness (QED) is 0.619. The SMILES string of the molecule is CCN(CCO)CC(CC)(CC)CN. The minimum atomic E-state index is 0.238. The molecule has 0 rings (SSSR count). The fourth-order valence-electron chi connectivity index (χ4n) is 1.79. The van der Waals surface area contributed by atoms with Gasteiger partial charge in [0.15, 0.2) is 0 Å². The molecular weight excluding hydrogens is 176 g/mol. The molecule has 0 aliphatic heterocycles. The number of aliphatic hydroxyl groups excluding tert-OH is 1. The van der Waals surface area contributed by atoms with Crippen molar-refractivity contribution in [1.29, 1.82) is 0 Å². The Kier molecular flexibility index (Phi) is 7.15. The summed E-state index contributed by atoms with van der Waals surface area (Å²) >= 11 is 0. The van der Waals surface area contributed by atoms with E-state index in [-0.39, 0.29) is 12.0 Å². The highest BCUT2D eigenvalue weighted by Gasteiger charge is 2.26. The van der Waals surface area contributed by atoms with Gasteiger partial charge in [-0.1, -0.05) is 20.8 Å². The van der Waals surface area contributed by atoms with Gasteiger partial charge in [-0.25, -0.2) is 0 Å². The van der Waals surface area contributed by atoms with Crippen LogP contribution in [0, 0.1) is 5.41 Å². The van der Waals surface area contributed by atoms with E-state index in [0.717, 1.165) is 39.0 Å². The first kappa shape index (κ1) is 13.9. The van der Waals surface area contributed by atoms with Crippen molar-refractivity contribution in [3.63, 3.8) is 0 Å². The van der Waals surface area contributed by atoms with Gasteiger partial charge in [-0.05, 0) is 31.3 Å². The molecule has 0 aromatic rings. The molecule has 0 unspecified atom stereocenters. The van der Waals surface area contributed by atoms with Gasteiger partial charge in [-0.3, -0.25) is 0 Å². The van der Waals surface area contributed by atoms with Gasteiger partial charge in [0.2, 0.25) is 0 Å². The third-order valence-electron chi connectivity index (χ3n) is 3.36. The Morgan fingerprint density at radius 1 is 1.21 bits per heavy atom. The first-order valence-corrected chi connectivity index (χ1v) is 5.71. The smallest absolute Gasteiger partial charge is 0.0558 e. The summed E-state index contributed by atoms with van der Waals surface area (Å²) in [6.07, 6.45) is 2.23. The fourth-order valence-corrected chi connectivity index (χ4v) is 1.79. The number of likely N-dealkylation sites (N-methyl/N-ethyl adjacent to an activating group) is 1. The van der Waals surface area contributed by atoms with Crippen LogP contribution in [0.25, 0.3) is 0 Å². The Labute approximate surface area is 88.3 Å². The van der Waals surface area contributed by atoms with Gasteiger partial charge in [0.05, 0.1) is 6.61 Å². The maximum atomic E-state index is 8.91. The normalized spacial score (nSPS) is 12.4. The zero-order valence-corrected chi connectivity index (χ0v) is 9.92. The minimum Gasteiger partial charge on any atom is -0.395 e. The molecule has 14 heavy (non-hydrogen) atoms. The van der Waals surface area contributed by atoms with Crippen LogP contribution in [0.4, 0.5) is 0 Å². The number of nitrogens with two attached hydrogens (primary N) is 1. The van der Waals surface area contributed by atoms with Gasteiger partial charge in [0.1, 0.15) is 0 Å². The van der Waals surface area contributed by atoms with E-state index in [1.54, 1.807) is 0 Å². The van der Waals surface area contributed by atoms with E-state index in [1.807, 2.05) is 0 Å². The lowest BCUT2D eigenvalue weighted by molar-refractivity contribution is 0.125. The molecule has 0 amide bonds. The molecule has 3 heteroatoms. The maximum absolute atomic E-state index is 8.91. The van der Waals surface area contributed by atoms with Crippen LogP contribution in [-0.4, -0.2) is 42.8 Å². The van der Waals surface area contributed by atoms with Crippen molar-refractivity contribution >= 4 is 0 Å². The summed E-state index contributed by atoms with van der Waals surface area (Å²) in [4.78, 5) is 2.28. The lowest BCUT2D eigenvalue weighted by Gasteiger charge is -2.35. The van der Waals surface area contributed by atoms with Crippen LogP contribution < -0.4 is 5.73 Å². The molecule has 0 heterocycles. The standard InChI is InChI=1S/C11H26N2O/c1-4-11(5-2,9-12)10-13(6-3)7-8-14/h14H,4-10,12H2,1-3H3. The lowest BCUT2D eigenvalue weighted by Crippen LogP contribution is -2.43. The van der Waals surface area contributed by atoms with Crippen LogP contribution in [0.3, 0.4) is 0 Å². The summed E-state index contributed by atoms with van der Waals surface area (Å²) < 4.78 is 0. The zero-order chi connectivity index (χ0) is 11.0. The van der Waals surface area contributed by atoms with Crippen molar-refractivity contribution in [2.24, 2.45) is 11.1 Å². The third-order valence-corrected chi connectivity index (χ3v) is 3.36. The van der Waals surface area contributed by atoms with Crippen LogP contribution in [0.1, 0.15) is 33.6 Å². The summed E-state index contributed by atoms with van der Waals surface area (Å²) in [5.41, 5.74) is 6.08. The number of hydrogen-bond donors (Lipinski definition) is 2. The molecule has 0 fully saturated rings. The highest BCUT2D eigenvalue weighted by Crippen LogP contribution is 2.25. The van der Waals surface area contributed by atoms with Gasteiger partial charge < -0.3 is 15.7 Å². The topological polar surface area (TPSA) is 49.5 Å². The number of nitrogens with zero attached hydrogens (tertiary/aromatic N) is 1. The number of aliphatic hydroxyl groups is 1. The van der Waals surface area contributed by atoms with Crippen molar-refractivity contribution < 1.29 is 5.11 Å². The number of rotatable bonds is 8. The van der Waals surface area contributed by atoms with Crippen LogP contribution in [-0.2, 0) is 0 Å². The second-order valence-electron chi connectivity index (χ2n) is 4.00. The molecule has 0 saturated carbocycles. The summed E-state index contributed by atoms with van der Waals surface area (Å²) in [7, 11) is 0.